The van der Waals surface area contributed by atoms with Gasteiger partial charge >= 0.3 is 0 Å². The average Bonchev–Trinajstić information content (AvgIpc) is 3.25. The zero-order chi connectivity index (χ0) is 20.5. The average molecular weight is 430 g/mol. The summed E-state index contributed by atoms with van der Waals surface area (Å²) < 4.78 is 13.0. The Labute approximate surface area is 175 Å². The molecule has 0 saturated carbocycles. The van der Waals surface area contributed by atoms with Crippen LogP contribution in [0.5, 0.6) is 0 Å². The van der Waals surface area contributed by atoms with Gasteiger partial charge in [0.2, 0.25) is 5.91 Å². The molecule has 2 N–H and O–H groups in total. The van der Waals surface area contributed by atoms with E-state index in [0.29, 0.717) is 33.5 Å². The molecule has 1 unspecified atom stereocenters. The zero-order valence-corrected chi connectivity index (χ0v) is 17.0. The van der Waals surface area contributed by atoms with Crippen molar-refractivity contribution in [3.63, 3.8) is 0 Å². The number of hydrogen-bond acceptors (Lipinski definition) is 4. The molecule has 3 aromatic rings. The topological polar surface area (TPSA) is 71.1 Å². The number of nitrogens with one attached hydrogen (secondary N) is 2. The lowest BCUT2D eigenvalue weighted by Crippen LogP contribution is -2.20. The van der Waals surface area contributed by atoms with Crippen LogP contribution in [0.15, 0.2) is 42.5 Å². The number of aryl methyl sites for hydroxylation is 2. The van der Waals surface area contributed by atoms with E-state index in [1.165, 1.54) is 35.6 Å². The molecule has 2 aromatic carbocycles. The second-order valence-electron chi connectivity index (χ2n) is 6.83. The molecule has 148 valence electrons. The van der Waals surface area contributed by atoms with Gasteiger partial charge in [0.05, 0.1) is 11.6 Å². The third-order valence-corrected chi connectivity index (χ3v) is 6.10. The van der Waals surface area contributed by atoms with Crippen LogP contribution in [-0.4, -0.2) is 16.8 Å². The molecule has 0 fully saturated rings. The fourth-order valence-electron chi connectivity index (χ4n) is 3.26. The summed E-state index contributed by atoms with van der Waals surface area (Å²) in [5.74, 6) is -1.29. The SMILES string of the molecule is Cc1ccc(Cl)cc1NC(=O)C1CCc2sc(NC(=O)c3ccc(F)cc3)nc21. The second-order valence-corrected chi connectivity index (χ2v) is 8.35. The van der Waals surface area contributed by atoms with Crippen molar-refractivity contribution in [3.05, 3.63) is 75.0 Å². The van der Waals surface area contributed by atoms with Crippen molar-refractivity contribution in [1.29, 1.82) is 0 Å². The first-order valence-corrected chi connectivity index (χ1v) is 10.2. The van der Waals surface area contributed by atoms with Crippen LogP contribution < -0.4 is 10.6 Å². The van der Waals surface area contributed by atoms with Crippen LogP contribution in [0.2, 0.25) is 5.02 Å². The molecule has 4 rings (SSSR count). The van der Waals surface area contributed by atoms with E-state index in [1.807, 2.05) is 13.0 Å². The van der Waals surface area contributed by atoms with Gasteiger partial charge in [-0.25, -0.2) is 9.37 Å². The molecular formula is C21H17ClFN3O2S. The monoisotopic (exact) mass is 429 g/mol. The fourth-order valence-corrected chi connectivity index (χ4v) is 4.46. The Bertz CT molecular complexity index is 1100. The Kier molecular flexibility index (Phi) is 5.34. The minimum absolute atomic E-state index is 0.143. The standard InChI is InChI=1S/C21H17ClFN3O2S/c1-11-2-5-13(22)10-16(11)24-20(28)15-8-9-17-18(15)25-21(29-17)26-19(27)12-3-6-14(23)7-4-12/h2-7,10,15H,8-9H2,1H3,(H,24,28)(H,25,26,27). The normalized spacial score (nSPS) is 15.1. The molecule has 1 aliphatic carbocycles. The Hall–Kier alpha value is -2.77. The molecule has 0 bridgehead atoms. The van der Waals surface area contributed by atoms with E-state index in [1.54, 1.807) is 12.1 Å². The van der Waals surface area contributed by atoms with Crippen molar-refractivity contribution in [3.8, 4) is 0 Å². The number of carbonyl (C=O) groups excluding carboxylic acids is 2. The van der Waals surface area contributed by atoms with Crippen molar-refractivity contribution in [2.75, 3.05) is 10.6 Å². The summed E-state index contributed by atoms with van der Waals surface area (Å²) in [6.07, 6.45) is 1.40. The number of amides is 2. The van der Waals surface area contributed by atoms with E-state index < -0.39 is 5.82 Å². The van der Waals surface area contributed by atoms with Crippen molar-refractivity contribution < 1.29 is 14.0 Å². The summed E-state index contributed by atoms with van der Waals surface area (Å²) in [5, 5.41) is 6.65. The summed E-state index contributed by atoms with van der Waals surface area (Å²) in [7, 11) is 0. The van der Waals surface area contributed by atoms with Crippen LogP contribution in [0.3, 0.4) is 0 Å². The van der Waals surface area contributed by atoms with Gasteiger partial charge in [-0.1, -0.05) is 17.7 Å². The highest BCUT2D eigenvalue weighted by Gasteiger charge is 2.33. The van der Waals surface area contributed by atoms with Gasteiger partial charge in [-0.3, -0.25) is 14.9 Å². The highest BCUT2D eigenvalue weighted by molar-refractivity contribution is 7.16. The molecule has 8 heteroatoms. The van der Waals surface area contributed by atoms with Crippen LogP contribution in [0, 0.1) is 12.7 Å². The number of nitrogens with zero attached hydrogens (tertiary/aromatic N) is 1. The first-order chi connectivity index (χ1) is 13.9. The van der Waals surface area contributed by atoms with Crippen molar-refractivity contribution in [2.24, 2.45) is 0 Å². The quantitative estimate of drug-likeness (QED) is 0.601. The third kappa shape index (κ3) is 4.16. The van der Waals surface area contributed by atoms with E-state index in [-0.39, 0.29) is 17.7 Å². The second kappa shape index (κ2) is 7.93. The first kappa shape index (κ1) is 19.5. The molecule has 29 heavy (non-hydrogen) atoms. The van der Waals surface area contributed by atoms with Crippen LogP contribution in [0.4, 0.5) is 15.2 Å². The predicted octanol–water partition coefficient (Wildman–Crippen LogP) is 5.16. The third-order valence-electron chi connectivity index (χ3n) is 4.82. The van der Waals surface area contributed by atoms with Gasteiger partial charge in [-0.05, 0) is 61.7 Å². The molecule has 2 amide bonds. The van der Waals surface area contributed by atoms with E-state index in [2.05, 4.69) is 15.6 Å². The number of carbonyl (C=O) groups is 2. The molecule has 0 aliphatic heterocycles. The number of halogens is 2. The Morgan fingerprint density at radius 1 is 1.17 bits per heavy atom. The van der Waals surface area contributed by atoms with Crippen molar-refractivity contribution >= 4 is 45.6 Å². The summed E-state index contributed by atoms with van der Waals surface area (Å²) in [6.45, 7) is 1.90. The zero-order valence-electron chi connectivity index (χ0n) is 15.5. The number of rotatable bonds is 4. The van der Waals surface area contributed by atoms with Gasteiger partial charge in [0.1, 0.15) is 5.82 Å². The highest BCUT2D eigenvalue weighted by atomic mass is 35.5. The number of fused-ring (bicyclic) bond motifs is 1. The van der Waals surface area contributed by atoms with E-state index >= 15 is 0 Å². The van der Waals surface area contributed by atoms with Crippen LogP contribution in [0.1, 0.15) is 38.8 Å². The van der Waals surface area contributed by atoms with Crippen molar-refractivity contribution in [1.82, 2.24) is 4.98 Å². The van der Waals surface area contributed by atoms with Gasteiger partial charge < -0.3 is 5.32 Å². The summed E-state index contributed by atoms with van der Waals surface area (Å²) in [6, 6.07) is 10.6. The van der Waals surface area contributed by atoms with Crippen LogP contribution >= 0.6 is 22.9 Å². The fraction of sp³-hybridized carbons (Fsp3) is 0.190. The predicted molar refractivity (Wildman–Crippen MR) is 112 cm³/mol. The molecule has 0 spiro atoms. The lowest BCUT2D eigenvalue weighted by molar-refractivity contribution is -0.117. The summed E-state index contributed by atoms with van der Waals surface area (Å²) in [5.41, 5.74) is 2.64. The van der Waals surface area contributed by atoms with E-state index in [4.69, 9.17) is 11.6 Å². The van der Waals surface area contributed by atoms with Gasteiger partial charge in [-0.15, -0.1) is 11.3 Å². The minimum atomic E-state index is -0.404. The molecule has 1 atom stereocenters. The van der Waals surface area contributed by atoms with Crippen molar-refractivity contribution in [2.45, 2.75) is 25.7 Å². The lowest BCUT2D eigenvalue weighted by atomic mass is 10.1. The molecule has 1 aliphatic rings. The van der Waals surface area contributed by atoms with E-state index in [0.717, 1.165) is 16.9 Å². The van der Waals surface area contributed by atoms with Crippen LogP contribution in [-0.2, 0) is 11.2 Å². The molecule has 0 saturated heterocycles. The number of aromatic nitrogens is 1. The Balaban J connectivity index is 1.48. The smallest absolute Gasteiger partial charge is 0.257 e. The largest absolute Gasteiger partial charge is 0.325 e. The van der Waals surface area contributed by atoms with Crippen LogP contribution in [0.25, 0.3) is 0 Å². The Morgan fingerprint density at radius 3 is 2.69 bits per heavy atom. The number of anilines is 2. The first-order valence-electron chi connectivity index (χ1n) is 9.04. The maximum Gasteiger partial charge on any atom is 0.257 e. The molecular weight excluding hydrogens is 413 g/mol. The molecule has 0 radical (unpaired) electrons. The van der Waals surface area contributed by atoms with Gasteiger partial charge in [0.15, 0.2) is 5.13 Å². The summed E-state index contributed by atoms with van der Waals surface area (Å²) >= 11 is 7.39. The molecule has 5 nitrogen and oxygen atoms in total. The minimum Gasteiger partial charge on any atom is -0.325 e. The van der Waals surface area contributed by atoms with Gasteiger partial charge in [0, 0.05) is 21.2 Å². The highest BCUT2D eigenvalue weighted by Crippen LogP contribution is 2.39. The Morgan fingerprint density at radius 2 is 1.93 bits per heavy atom. The number of benzene rings is 2. The molecule has 1 aromatic heterocycles. The number of thiazole rings is 1. The maximum atomic E-state index is 13.0. The van der Waals surface area contributed by atoms with Gasteiger partial charge in [-0.2, -0.15) is 0 Å². The van der Waals surface area contributed by atoms with Gasteiger partial charge in [0.25, 0.3) is 5.91 Å². The maximum absolute atomic E-state index is 13.0. The van der Waals surface area contributed by atoms with E-state index in [9.17, 15) is 14.0 Å². The molecule has 1 heterocycles. The lowest BCUT2D eigenvalue weighted by Gasteiger charge is -2.13. The number of hydrogen-bond donors (Lipinski definition) is 2. The summed E-state index contributed by atoms with van der Waals surface area (Å²) in [4.78, 5) is 30.6.